The standard InChI is InChI=1S/C27H31FIN3O4/c1-17(12-18-4-6-19(28)7-5-18)14-31-8-10-32(11-9-31)15-23-21-16-35-26-20(25(21)30-36-23)13-22(33-2)27(34-3)24(26)29/h4-7,12-13,21,23H,8-11,14-16H2,1-3H3/b17-12+. The van der Waals surface area contributed by atoms with E-state index in [1.54, 1.807) is 14.2 Å². The lowest BCUT2D eigenvalue weighted by atomic mass is 9.90. The summed E-state index contributed by atoms with van der Waals surface area (Å²) in [6.45, 7) is 8.35. The van der Waals surface area contributed by atoms with Crippen molar-refractivity contribution in [1.82, 2.24) is 9.80 Å². The minimum Gasteiger partial charge on any atom is -0.493 e. The summed E-state index contributed by atoms with van der Waals surface area (Å²) in [4.78, 5) is 10.9. The van der Waals surface area contributed by atoms with Crippen LogP contribution in [0.2, 0.25) is 0 Å². The number of rotatable bonds is 7. The van der Waals surface area contributed by atoms with Crippen molar-refractivity contribution in [3.05, 3.63) is 56.4 Å². The van der Waals surface area contributed by atoms with Crippen molar-refractivity contribution in [1.29, 1.82) is 0 Å². The molecule has 2 atom stereocenters. The molecule has 2 aromatic carbocycles. The summed E-state index contributed by atoms with van der Waals surface area (Å²) < 4.78 is 31.3. The first-order valence-corrected chi connectivity index (χ1v) is 13.2. The molecule has 7 nitrogen and oxygen atoms in total. The molecule has 2 unspecified atom stereocenters. The minimum atomic E-state index is -0.205. The number of piperazine rings is 1. The molecular formula is C27H31FIN3O4. The monoisotopic (exact) mass is 607 g/mol. The molecule has 5 rings (SSSR count). The molecule has 36 heavy (non-hydrogen) atoms. The Balaban J connectivity index is 1.16. The second kappa shape index (κ2) is 10.9. The van der Waals surface area contributed by atoms with Gasteiger partial charge in [-0.05, 0) is 53.3 Å². The van der Waals surface area contributed by atoms with E-state index in [0.717, 1.165) is 65.4 Å². The summed E-state index contributed by atoms with van der Waals surface area (Å²) in [5.74, 6) is 2.00. The van der Waals surface area contributed by atoms with Gasteiger partial charge in [0, 0.05) is 44.8 Å². The number of hydrogen-bond acceptors (Lipinski definition) is 7. The Morgan fingerprint density at radius 3 is 2.56 bits per heavy atom. The fourth-order valence-corrected chi connectivity index (χ4v) is 6.03. The maximum Gasteiger partial charge on any atom is 0.177 e. The highest BCUT2D eigenvalue weighted by Crippen LogP contribution is 2.45. The minimum absolute atomic E-state index is 0.0365. The van der Waals surface area contributed by atoms with Crippen LogP contribution in [0.25, 0.3) is 6.08 Å². The van der Waals surface area contributed by atoms with Crippen LogP contribution in [0.5, 0.6) is 17.2 Å². The zero-order chi connectivity index (χ0) is 25.2. The molecule has 1 saturated heterocycles. The Morgan fingerprint density at radius 1 is 1.14 bits per heavy atom. The van der Waals surface area contributed by atoms with Gasteiger partial charge in [0.15, 0.2) is 17.6 Å². The topological polar surface area (TPSA) is 55.8 Å². The highest BCUT2D eigenvalue weighted by Gasteiger charge is 2.42. The van der Waals surface area contributed by atoms with Gasteiger partial charge in [-0.2, -0.15) is 0 Å². The van der Waals surface area contributed by atoms with Crippen molar-refractivity contribution < 1.29 is 23.4 Å². The number of halogens is 2. The number of hydrogen-bond donors (Lipinski definition) is 0. The van der Waals surface area contributed by atoms with Crippen LogP contribution in [0.1, 0.15) is 18.1 Å². The largest absolute Gasteiger partial charge is 0.493 e. The molecule has 3 heterocycles. The summed E-state index contributed by atoms with van der Waals surface area (Å²) >= 11 is 2.24. The summed E-state index contributed by atoms with van der Waals surface area (Å²) in [5.41, 5.74) is 4.15. The van der Waals surface area contributed by atoms with Crippen molar-refractivity contribution in [2.24, 2.45) is 11.1 Å². The Kier molecular flexibility index (Phi) is 7.68. The van der Waals surface area contributed by atoms with Crippen LogP contribution in [0, 0.1) is 15.3 Å². The Labute approximate surface area is 225 Å². The van der Waals surface area contributed by atoms with Crippen LogP contribution < -0.4 is 14.2 Å². The zero-order valence-corrected chi connectivity index (χ0v) is 23.0. The number of fused-ring (bicyclic) bond motifs is 3. The summed E-state index contributed by atoms with van der Waals surface area (Å²) in [5, 5.41) is 4.49. The number of ether oxygens (including phenoxy) is 3. The van der Waals surface area contributed by atoms with E-state index in [1.165, 1.54) is 17.7 Å². The molecule has 0 N–H and O–H groups in total. The van der Waals surface area contributed by atoms with Crippen LogP contribution in [0.15, 0.2) is 41.1 Å². The average Bonchev–Trinajstić information content (AvgIpc) is 3.29. The van der Waals surface area contributed by atoms with Crippen molar-refractivity contribution >= 4 is 34.4 Å². The van der Waals surface area contributed by atoms with Crippen molar-refractivity contribution in [3.8, 4) is 17.2 Å². The van der Waals surface area contributed by atoms with Crippen LogP contribution in [-0.2, 0) is 4.84 Å². The molecule has 0 radical (unpaired) electrons. The lowest BCUT2D eigenvalue weighted by Crippen LogP contribution is -2.50. The normalized spacial score (nSPS) is 22.2. The third-order valence-electron chi connectivity index (χ3n) is 7.00. The second-order valence-corrected chi connectivity index (χ2v) is 10.5. The molecule has 3 aliphatic heterocycles. The summed E-state index contributed by atoms with van der Waals surface area (Å²) in [6.07, 6.45) is 2.09. The molecule has 0 saturated carbocycles. The molecule has 9 heteroatoms. The Morgan fingerprint density at radius 2 is 1.86 bits per heavy atom. The number of benzene rings is 2. The third kappa shape index (κ3) is 5.19. The lowest BCUT2D eigenvalue weighted by molar-refractivity contribution is 0.0100. The van der Waals surface area contributed by atoms with Gasteiger partial charge < -0.3 is 19.0 Å². The Bertz CT molecular complexity index is 1160. The van der Waals surface area contributed by atoms with Gasteiger partial charge in [0.2, 0.25) is 0 Å². The summed E-state index contributed by atoms with van der Waals surface area (Å²) in [6, 6.07) is 8.57. The van der Waals surface area contributed by atoms with Crippen molar-refractivity contribution in [2.75, 3.05) is 60.1 Å². The maximum absolute atomic E-state index is 13.1. The fourth-order valence-electron chi connectivity index (χ4n) is 5.10. The van der Waals surface area contributed by atoms with E-state index in [9.17, 15) is 4.39 Å². The molecule has 0 aromatic heterocycles. The molecule has 0 amide bonds. The lowest BCUT2D eigenvalue weighted by Gasteiger charge is -2.36. The van der Waals surface area contributed by atoms with E-state index in [0.29, 0.717) is 18.1 Å². The quantitative estimate of drug-likeness (QED) is 0.439. The highest BCUT2D eigenvalue weighted by molar-refractivity contribution is 14.1. The van der Waals surface area contributed by atoms with Crippen molar-refractivity contribution in [3.63, 3.8) is 0 Å². The van der Waals surface area contributed by atoms with Gasteiger partial charge in [0.25, 0.3) is 0 Å². The molecule has 0 bridgehead atoms. The molecule has 3 aliphatic rings. The number of methoxy groups -OCH3 is 2. The SMILES string of the molecule is COc1cc2c(c(I)c1OC)OCC1C2=NOC1CN1CCN(C/C(C)=C/c2ccc(F)cc2)CC1. The number of nitrogens with zero attached hydrogens (tertiary/aromatic N) is 3. The van der Waals surface area contributed by atoms with E-state index in [2.05, 4.69) is 50.5 Å². The molecule has 192 valence electrons. The Hall–Kier alpha value is -2.37. The van der Waals surface area contributed by atoms with Crippen LogP contribution in [-0.4, -0.2) is 81.7 Å². The molecule has 0 aliphatic carbocycles. The summed E-state index contributed by atoms with van der Waals surface area (Å²) in [7, 11) is 3.27. The average molecular weight is 607 g/mol. The fraction of sp³-hybridized carbons (Fsp3) is 0.444. The third-order valence-corrected chi connectivity index (χ3v) is 7.98. The van der Waals surface area contributed by atoms with E-state index in [-0.39, 0.29) is 17.8 Å². The van der Waals surface area contributed by atoms with Crippen LogP contribution in [0.3, 0.4) is 0 Å². The van der Waals surface area contributed by atoms with Gasteiger partial charge in [-0.3, -0.25) is 9.80 Å². The van der Waals surface area contributed by atoms with Gasteiger partial charge in [-0.15, -0.1) is 0 Å². The first kappa shape index (κ1) is 25.3. The number of oxime groups is 1. The van der Waals surface area contributed by atoms with Gasteiger partial charge in [0.05, 0.1) is 20.1 Å². The van der Waals surface area contributed by atoms with E-state index < -0.39 is 0 Å². The van der Waals surface area contributed by atoms with Crippen molar-refractivity contribution in [2.45, 2.75) is 13.0 Å². The predicted octanol–water partition coefficient (Wildman–Crippen LogP) is 4.28. The van der Waals surface area contributed by atoms with E-state index in [4.69, 9.17) is 19.0 Å². The van der Waals surface area contributed by atoms with E-state index >= 15 is 0 Å². The highest BCUT2D eigenvalue weighted by atomic mass is 127. The molecule has 0 spiro atoms. The molecule has 1 fully saturated rings. The van der Waals surface area contributed by atoms with Crippen LogP contribution >= 0.6 is 22.6 Å². The maximum atomic E-state index is 13.1. The molecule has 2 aromatic rings. The predicted molar refractivity (Wildman–Crippen MR) is 146 cm³/mol. The van der Waals surface area contributed by atoms with Gasteiger partial charge in [-0.25, -0.2) is 4.39 Å². The molecular weight excluding hydrogens is 576 g/mol. The van der Waals surface area contributed by atoms with Gasteiger partial charge in [0.1, 0.15) is 27.5 Å². The van der Waals surface area contributed by atoms with E-state index in [1.807, 2.05) is 18.2 Å². The first-order valence-electron chi connectivity index (χ1n) is 12.2. The first-order chi connectivity index (χ1) is 17.5. The second-order valence-electron chi connectivity index (χ2n) is 9.46. The van der Waals surface area contributed by atoms with Gasteiger partial charge >= 0.3 is 0 Å². The zero-order valence-electron chi connectivity index (χ0n) is 20.8. The van der Waals surface area contributed by atoms with Gasteiger partial charge in [-0.1, -0.05) is 28.9 Å². The smallest absolute Gasteiger partial charge is 0.177 e. The van der Waals surface area contributed by atoms with Crippen LogP contribution in [0.4, 0.5) is 4.39 Å².